The molecule has 2 N–H and O–H groups in total. The SMILES string of the molecule is CC(C)C(=O)O[C@H](C)OC(=O)NC(C)(C)C(=O)N[C@H](COCc1ccccc1)C(=O)N1CCC2(CC1)CN(S(C)(=O)=O)c1ccccc12. The molecule has 2 aliphatic rings. The fourth-order valence-corrected chi connectivity index (χ4v) is 6.88. The number of likely N-dealkylation sites (tertiary alicyclic amines) is 1. The Morgan fingerprint density at radius 1 is 0.938 bits per heavy atom. The van der Waals surface area contributed by atoms with E-state index in [1.807, 2.05) is 54.6 Å². The monoisotopic (exact) mass is 686 g/mol. The first-order valence-electron chi connectivity index (χ1n) is 16.0. The number of hydrogen-bond acceptors (Lipinski definition) is 9. The van der Waals surface area contributed by atoms with E-state index in [-0.39, 0.29) is 19.1 Å². The van der Waals surface area contributed by atoms with E-state index >= 15 is 0 Å². The summed E-state index contributed by atoms with van der Waals surface area (Å²) in [5, 5.41) is 5.22. The highest BCUT2D eigenvalue weighted by Gasteiger charge is 2.48. The lowest BCUT2D eigenvalue weighted by atomic mass is 9.74. The van der Waals surface area contributed by atoms with Crippen LogP contribution in [0.4, 0.5) is 10.5 Å². The van der Waals surface area contributed by atoms with Crippen molar-refractivity contribution in [2.75, 3.05) is 36.8 Å². The highest BCUT2D eigenvalue weighted by molar-refractivity contribution is 7.92. The van der Waals surface area contributed by atoms with E-state index in [1.165, 1.54) is 31.3 Å². The second-order valence-electron chi connectivity index (χ2n) is 13.2. The van der Waals surface area contributed by atoms with Crippen LogP contribution in [0.25, 0.3) is 0 Å². The van der Waals surface area contributed by atoms with Crippen molar-refractivity contribution < 1.29 is 41.8 Å². The van der Waals surface area contributed by atoms with Gasteiger partial charge in [-0.15, -0.1) is 0 Å². The fraction of sp³-hybridized carbons (Fsp3) is 0.529. The predicted octanol–water partition coefficient (Wildman–Crippen LogP) is 3.08. The van der Waals surface area contributed by atoms with E-state index in [0.29, 0.717) is 38.2 Å². The number of alkyl carbamates (subject to hydrolysis) is 1. The van der Waals surface area contributed by atoms with Crippen molar-refractivity contribution in [3.63, 3.8) is 0 Å². The summed E-state index contributed by atoms with van der Waals surface area (Å²) in [7, 11) is -3.49. The number of esters is 1. The zero-order chi connectivity index (χ0) is 35.3. The Morgan fingerprint density at radius 3 is 2.19 bits per heavy atom. The Bertz CT molecular complexity index is 1590. The van der Waals surface area contributed by atoms with Crippen molar-refractivity contribution in [1.82, 2.24) is 15.5 Å². The van der Waals surface area contributed by atoms with Crippen LogP contribution in [-0.4, -0.2) is 87.6 Å². The van der Waals surface area contributed by atoms with Crippen LogP contribution in [0.3, 0.4) is 0 Å². The van der Waals surface area contributed by atoms with Gasteiger partial charge in [0.15, 0.2) is 0 Å². The zero-order valence-corrected chi connectivity index (χ0v) is 29.2. The van der Waals surface area contributed by atoms with Gasteiger partial charge in [-0.2, -0.15) is 0 Å². The second kappa shape index (κ2) is 14.9. The first-order valence-corrected chi connectivity index (χ1v) is 17.9. The molecule has 0 bridgehead atoms. The number of ether oxygens (including phenoxy) is 3. The smallest absolute Gasteiger partial charge is 0.411 e. The third-order valence-corrected chi connectivity index (χ3v) is 9.76. The van der Waals surface area contributed by atoms with Gasteiger partial charge in [-0.1, -0.05) is 62.4 Å². The molecular weight excluding hydrogens is 640 g/mol. The number of fused-ring (bicyclic) bond motifs is 2. The van der Waals surface area contributed by atoms with E-state index in [0.717, 1.165) is 11.1 Å². The maximum Gasteiger partial charge on any atom is 0.411 e. The lowest BCUT2D eigenvalue weighted by molar-refractivity contribution is -0.169. The number of carbonyl (C=O) groups excluding carboxylic acids is 4. The summed E-state index contributed by atoms with van der Waals surface area (Å²) in [5.74, 6) is -1.97. The number of para-hydroxylation sites is 1. The summed E-state index contributed by atoms with van der Waals surface area (Å²) < 4.78 is 42.7. The van der Waals surface area contributed by atoms with Crippen LogP contribution in [0.5, 0.6) is 0 Å². The van der Waals surface area contributed by atoms with E-state index < -0.39 is 57.2 Å². The minimum atomic E-state index is -3.49. The molecule has 3 amide bonds. The molecule has 2 aromatic carbocycles. The topological polar surface area (TPSA) is 161 Å². The molecule has 1 fully saturated rings. The van der Waals surface area contributed by atoms with Crippen molar-refractivity contribution in [3.05, 3.63) is 65.7 Å². The maximum absolute atomic E-state index is 14.0. The number of benzene rings is 2. The van der Waals surface area contributed by atoms with Crippen molar-refractivity contribution in [2.24, 2.45) is 5.92 Å². The number of rotatable bonds is 12. The average Bonchev–Trinajstić information content (AvgIpc) is 3.35. The molecule has 13 nitrogen and oxygen atoms in total. The lowest BCUT2D eigenvalue weighted by Gasteiger charge is -2.41. The molecule has 48 heavy (non-hydrogen) atoms. The summed E-state index contributed by atoms with van der Waals surface area (Å²) in [6.45, 7) is 8.66. The van der Waals surface area contributed by atoms with Crippen LogP contribution in [0.2, 0.25) is 0 Å². The molecule has 0 radical (unpaired) electrons. The third-order valence-electron chi connectivity index (χ3n) is 8.63. The van der Waals surface area contributed by atoms with Crippen LogP contribution in [0.1, 0.15) is 58.6 Å². The highest BCUT2D eigenvalue weighted by Crippen LogP contribution is 2.47. The van der Waals surface area contributed by atoms with Crippen LogP contribution in [0.15, 0.2) is 54.6 Å². The van der Waals surface area contributed by atoms with E-state index in [4.69, 9.17) is 14.2 Å². The quantitative estimate of drug-likeness (QED) is 0.253. The third kappa shape index (κ3) is 8.84. The van der Waals surface area contributed by atoms with Crippen LogP contribution < -0.4 is 14.9 Å². The molecule has 2 atom stereocenters. The number of nitrogens with one attached hydrogen (secondary N) is 2. The number of piperidine rings is 1. The first-order chi connectivity index (χ1) is 22.5. The van der Waals surface area contributed by atoms with Crippen LogP contribution in [0, 0.1) is 5.92 Å². The summed E-state index contributed by atoms with van der Waals surface area (Å²) in [6, 6.07) is 15.8. The molecule has 0 saturated carbocycles. The Morgan fingerprint density at radius 2 is 1.56 bits per heavy atom. The minimum Gasteiger partial charge on any atom is -0.425 e. The van der Waals surface area contributed by atoms with Crippen molar-refractivity contribution in [1.29, 1.82) is 0 Å². The predicted molar refractivity (Wildman–Crippen MR) is 178 cm³/mol. The van der Waals surface area contributed by atoms with Crippen LogP contribution in [-0.2, 0) is 50.6 Å². The summed E-state index contributed by atoms with van der Waals surface area (Å²) in [5.41, 5.74) is 0.547. The zero-order valence-electron chi connectivity index (χ0n) is 28.4. The number of anilines is 1. The van der Waals surface area contributed by atoms with Crippen molar-refractivity contribution in [2.45, 2.75) is 77.4 Å². The highest BCUT2D eigenvalue weighted by atomic mass is 32.2. The Kier molecular flexibility index (Phi) is 11.4. The van der Waals surface area contributed by atoms with E-state index in [2.05, 4.69) is 10.6 Å². The molecule has 4 rings (SSSR count). The molecule has 0 aromatic heterocycles. The molecule has 262 valence electrons. The number of hydrogen-bond donors (Lipinski definition) is 2. The van der Waals surface area contributed by atoms with Gasteiger partial charge in [-0.3, -0.25) is 18.7 Å². The molecule has 1 saturated heterocycles. The molecular formula is C34H46N4O9S. The van der Waals surface area contributed by atoms with Gasteiger partial charge in [0, 0.05) is 32.0 Å². The number of nitrogens with zero attached hydrogens (tertiary/aromatic N) is 2. The molecule has 1 spiro atoms. The average molecular weight is 687 g/mol. The first kappa shape index (κ1) is 36.7. The summed E-state index contributed by atoms with van der Waals surface area (Å²) in [4.78, 5) is 53.5. The van der Waals surface area contributed by atoms with Gasteiger partial charge in [0.25, 0.3) is 0 Å². The van der Waals surface area contributed by atoms with Gasteiger partial charge < -0.3 is 29.7 Å². The van der Waals surface area contributed by atoms with Crippen molar-refractivity contribution >= 4 is 39.6 Å². The van der Waals surface area contributed by atoms with Gasteiger partial charge in [-0.05, 0) is 43.9 Å². The van der Waals surface area contributed by atoms with Gasteiger partial charge in [0.1, 0.15) is 11.6 Å². The summed E-state index contributed by atoms with van der Waals surface area (Å²) >= 11 is 0. The Balaban J connectivity index is 1.44. The molecule has 0 unspecified atom stereocenters. The molecule has 2 aliphatic heterocycles. The number of amides is 3. The largest absolute Gasteiger partial charge is 0.425 e. The molecule has 14 heteroatoms. The molecule has 2 heterocycles. The molecule has 2 aromatic rings. The van der Waals surface area contributed by atoms with Gasteiger partial charge >= 0.3 is 12.1 Å². The van der Waals surface area contributed by atoms with Crippen molar-refractivity contribution in [3.8, 4) is 0 Å². The maximum atomic E-state index is 14.0. The standard InChI is InChI=1S/C34H46N4O9S/c1-23(2)30(40)46-24(3)47-32(42)36-33(4,5)31(41)35-27(21-45-20-25-12-8-7-9-13-25)29(39)37-18-16-34(17-19-37)22-38(48(6,43)44)28-15-11-10-14-26(28)34/h7-15,23-24,27H,16-22H2,1-6H3,(H,35,41)(H,36,42)/t24-,27+/m0/s1. The lowest BCUT2D eigenvalue weighted by Crippen LogP contribution is -2.61. The Hall–Kier alpha value is -4.17. The molecule has 0 aliphatic carbocycles. The number of carbonyl (C=O) groups is 4. The van der Waals surface area contributed by atoms with Gasteiger partial charge in [0.05, 0.1) is 31.1 Å². The number of sulfonamides is 1. The van der Waals surface area contributed by atoms with E-state index in [9.17, 15) is 27.6 Å². The Labute approximate surface area is 282 Å². The fourth-order valence-electron chi connectivity index (χ4n) is 5.88. The van der Waals surface area contributed by atoms with Gasteiger partial charge in [0.2, 0.25) is 28.1 Å². The van der Waals surface area contributed by atoms with E-state index in [1.54, 1.807) is 18.7 Å². The van der Waals surface area contributed by atoms with Gasteiger partial charge in [-0.25, -0.2) is 13.2 Å². The van der Waals surface area contributed by atoms with Crippen LogP contribution >= 0.6 is 0 Å². The second-order valence-corrected chi connectivity index (χ2v) is 15.1. The normalized spacial score (nSPS) is 17.0. The minimum absolute atomic E-state index is 0.130. The summed E-state index contributed by atoms with van der Waals surface area (Å²) in [6.07, 6.45) is 0.0990.